The molecule has 1 N–H and O–H groups in total. The van der Waals surface area contributed by atoms with Gasteiger partial charge in [0.15, 0.2) is 0 Å². The Bertz CT molecular complexity index is 1650. The topological polar surface area (TPSA) is 86.8 Å². The van der Waals surface area contributed by atoms with Crippen molar-refractivity contribution in [3.8, 4) is 0 Å². The lowest BCUT2D eigenvalue weighted by molar-refractivity contribution is -0.140. The van der Waals surface area contributed by atoms with E-state index in [1.54, 1.807) is 37.3 Å². The van der Waals surface area contributed by atoms with Gasteiger partial charge in [0.1, 0.15) is 12.6 Å². The van der Waals surface area contributed by atoms with Crippen LogP contribution in [0.1, 0.15) is 29.2 Å². The Balaban J connectivity index is 1.81. The fraction of sp³-hybridized carbons (Fsp3) is 0.235. The van der Waals surface area contributed by atoms with Gasteiger partial charge in [0.2, 0.25) is 11.8 Å². The van der Waals surface area contributed by atoms with Gasteiger partial charge in [-0.2, -0.15) is 0 Å². The average Bonchev–Trinajstić information content (AvgIpc) is 3.00. The third-order valence-corrected chi connectivity index (χ3v) is 9.15. The van der Waals surface area contributed by atoms with Gasteiger partial charge in [-0.25, -0.2) is 8.42 Å². The molecule has 1 unspecified atom stereocenters. The Hall–Kier alpha value is -4.14. The van der Waals surface area contributed by atoms with Crippen LogP contribution < -0.4 is 9.62 Å². The van der Waals surface area contributed by atoms with Crippen molar-refractivity contribution >= 4 is 39.1 Å². The SMILES string of the molecule is CCNC(=O)C(Cc1ccccc1)N(Cc1ccccc1)C(=O)CN(c1cc(Cl)ccc1C)S(=O)(=O)c1ccc(C)cc1. The quantitative estimate of drug-likeness (QED) is 0.214. The zero-order valence-electron chi connectivity index (χ0n) is 24.5. The lowest BCUT2D eigenvalue weighted by atomic mass is 10.0. The van der Waals surface area contributed by atoms with E-state index < -0.39 is 28.5 Å². The number of amides is 2. The van der Waals surface area contributed by atoms with Crippen LogP contribution in [0.4, 0.5) is 5.69 Å². The van der Waals surface area contributed by atoms with E-state index in [1.807, 2.05) is 74.5 Å². The Kier molecular flexibility index (Phi) is 10.6. The van der Waals surface area contributed by atoms with Crippen molar-refractivity contribution in [2.24, 2.45) is 0 Å². The number of benzene rings is 4. The van der Waals surface area contributed by atoms with Crippen molar-refractivity contribution in [1.29, 1.82) is 0 Å². The average molecular weight is 618 g/mol. The van der Waals surface area contributed by atoms with Crippen molar-refractivity contribution in [3.05, 3.63) is 130 Å². The summed E-state index contributed by atoms with van der Waals surface area (Å²) >= 11 is 6.33. The highest BCUT2D eigenvalue weighted by Crippen LogP contribution is 2.30. The van der Waals surface area contributed by atoms with E-state index in [4.69, 9.17) is 11.6 Å². The van der Waals surface area contributed by atoms with Crippen LogP contribution >= 0.6 is 11.6 Å². The van der Waals surface area contributed by atoms with Crippen molar-refractivity contribution in [2.45, 2.75) is 44.7 Å². The second-order valence-electron chi connectivity index (χ2n) is 10.4. The number of anilines is 1. The molecule has 0 bridgehead atoms. The molecule has 0 fully saturated rings. The standard InChI is InChI=1S/C34H36ClN3O4S/c1-4-36-34(40)32(21-27-11-7-5-8-12-27)37(23-28-13-9-6-10-14-28)33(39)24-38(31-22-29(35)18-17-26(31)3)43(41,42)30-19-15-25(2)16-20-30/h5-20,22,32H,4,21,23-24H2,1-3H3,(H,36,40). The first-order chi connectivity index (χ1) is 20.6. The summed E-state index contributed by atoms with van der Waals surface area (Å²) in [6.07, 6.45) is 0.256. The number of halogens is 1. The van der Waals surface area contributed by atoms with Crippen LogP contribution in [0.5, 0.6) is 0 Å². The predicted octanol–water partition coefficient (Wildman–Crippen LogP) is 5.93. The lowest BCUT2D eigenvalue weighted by Crippen LogP contribution is -2.53. The smallest absolute Gasteiger partial charge is 0.264 e. The number of carbonyl (C=O) groups excluding carboxylic acids is 2. The maximum absolute atomic E-state index is 14.4. The van der Waals surface area contributed by atoms with Gasteiger partial charge in [-0.3, -0.25) is 13.9 Å². The molecule has 224 valence electrons. The first-order valence-electron chi connectivity index (χ1n) is 14.1. The van der Waals surface area contributed by atoms with Gasteiger partial charge >= 0.3 is 0 Å². The third kappa shape index (κ3) is 8.03. The number of nitrogens with one attached hydrogen (secondary N) is 1. The van der Waals surface area contributed by atoms with Crippen molar-refractivity contribution < 1.29 is 18.0 Å². The fourth-order valence-electron chi connectivity index (χ4n) is 4.83. The van der Waals surface area contributed by atoms with Gasteiger partial charge in [0.05, 0.1) is 10.6 Å². The molecule has 4 aromatic rings. The van der Waals surface area contributed by atoms with Crippen LogP contribution in [-0.4, -0.2) is 44.3 Å². The summed E-state index contributed by atoms with van der Waals surface area (Å²) in [4.78, 5) is 29.5. The van der Waals surface area contributed by atoms with Gasteiger partial charge in [-0.05, 0) is 61.7 Å². The zero-order chi connectivity index (χ0) is 31.0. The maximum Gasteiger partial charge on any atom is 0.264 e. The van der Waals surface area contributed by atoms with E-state index in [-0.39, 0.29) is 23.8 Å². The molecule has 9 heteroatoms. The van der Waals surface area contributed by atoms with Crippen LogP contribution in [0.2, 0.25) is 5.02 Å². The highest BCUT2D eigenvalue weighted by molar-refractivity contribution is 7.92. The summed E-state index contributed by atoms with van der Waals surface area (Å²) in [5.74, 6) is -0.839. The van der Waals surface area contributed by atoms with E-state index >= 15 is 0 Å². The number of aryl methyl sites for hydroxylation is 2. The molecule has 4 aromatic carbocycles. The van der Waals surface area contributed by atoms with Crippen molar-refractivity contribution in [3.63, 3.8) is 0 Å². The second kappa shape index (κ2) is 14.4. The first kappa shape index (κ1) is 31.8. The number of hydrogen-bond acceptors (Lipinski definition) is 4. The van der Waals surface area contributed by atoms with Crippen molar-refractivity contribution in [1.82, 2.24) is 10.2 Å². The van der Waals surface area contributed by atoms with E-state index in [1.165, 1.54) is 17.0 Å². The normalized spacial score (nSPS) is 11.9. The van der Waals surface area contributed by atoms with Gasteiger partial charge in [0.25, 0.3) is 10.0 Å². The van der Waals surface area contributed by atoms with Gasteiger partial charge in [-0.1, -0.05) is 96.0 Å². The molecule has 0 heterocycles. The summed E-state index contributed by atoms with van der Waals surface area (Å²) in [6.45, 7) is 5.42. The Morgan fingerprint density at radius 3 is 2.05 bits per heavy atom. The van der Waals surface area contributed by atoms with Crippen LogP contribution in [0.15, 0.2) is 108 Å². The minimum absolute atomic E-state index is 0.0458. The highest BCUT2D eigenvalue weighted by atomic mass is 35.5. The summed E-state index contributed by atoms with van der Waals surface area (Å²) in [5, 5.41) is 3.20. The van der Waals surface area contributed by atoms with E-state index in [2.05, 4.69) is 5.32 Å². The monoisotopic (exact) mass is 617 g/mol. The first-order valence-corrected chi connectivity index (χ1v) is 15.9. The lowest BCUT2D eigenvalue weighted by Gasteiger charge is -2.34. The molecule has 0 aromatic heterocycles. The van der Waals surface area contributed by atoms with Gasteiger partial charge < -0.3 is 10.2 Å². The maximum atomic E-state index is 14.4. The number of nitrogens with zero attached hydrogens (tertiary/aromatic N) is 2. The van der Waals surface area contributed by atoms with Gasteiger partial charge in [0, 0.05) is 24.5 Å². The highest BCUT2D eigenvalue weighted by Gasteiger charge is 2.35. The Labute approximate surface area is 259 Å². The van der Waals surface area contributed by atoms with Crippen LogP contribution in [0, 0.1) is 13.8 Å². The Morgan fingerprint density at radius 2 is 1.44 bits per heavy atom. The number of likely N-dealkylation sites (N-methyl/N-ethyl adjacent to an activating group) is 1. The molecular weight excluding hydrogens is 582 g/mol. The minimum atomic E-state index is -4.20. The van der Waals surface area contributed by atoms with Crippen molar-refractivity contribution in [2.75, 3.05) is 17.4 Å². The molecule has 0 saturated heterocycles. The predicted molar refractivity (Wildman–Crippen MR) is 172 cm³/mol. The summed E-state index contributed by atoms with van der Waals surface area (Å²) < 4.78 is 29.4. The largest absolute Gasteiger partial charge is 0.355 e. The molecule has 0 spiro atoms. The molecular formula is C34H36ClN3O4S. The second-order valence-corrected chi connectivity index (χ2v) is 12.7. The summed E-state index contributed by atoms with van der Waals surface area (Å²) in [7, 11) is -4.20. The number of sulfonamides is 1. The molecule has 7 nitrogen and oxygen atoms in total. The molecule has 0 aliphatic heterocycles. The van der Waals surface area contributed by atoms with Crippen LogP contribution in [0.3, 0.4) is 0 Å². The molecule has 0 radical (unpaired) electrons. The number of hydrogen-bond donors (Lipinski definition) is 1. The molecule has 1 atom stereocenters. The minimum Gasteiger partial charge on any atom is -0.355 e. The zero-order valence-corrected chi connectivity index (χ0v) is 26.1. The molecule has 0 aliphatic carbocycles. The van der Waals surface area contributed by atoms with E-state index in [9.17, 15) is 18.0 Å². The van der Waals surface area contributed by atoms with Gasteiger partial charge in [-0.15, -0.1) is 0 Å². The van der Waals surface area contributed by atoms with E-state index in [0.717, 1.165) is 21.0 Å². The fourth-order valence-corrected chi connectivity index (χ4v) is 6.47. The molecule has 0 aliphatic rings. The molecule has 2 amide bonds. The summed E-state index contributed by atoms with van der Waals surface area (Å²) in [6, 6.07) is 29.3. The molecule has 0 saturated carbocycles. The van der Waals surface area contributed by atoms with Crippen LogP contribution in [-0.2, 0) is 32.6 Å². The number of carbonyl (C=O) groups is 2. The number of rotatable bonds is 12. The molecule has 43 heavy (non-hydrogen) atoms. The van der Waals surface area contributed by atoms with E-state index in [0.29, 0.717) is 22.8 Å². The Morgan fingerprint density at radius 1 is 0.837 bits per heavy atom. The molecule has 4 rings (SSSR count). The third-order valence-electron chi connectivity index (χ3n) is 7.15. The van der Waals surface area contributed by atoms with Crippen LogP contribution in [0.25, 0.3) is 0 Å². The summed E-state index contributed by atoms with van der Waals surface area (Å²) in [5.41, 5.74) is 3.51.